The van der Waals surface area contributed by atoms with Crippen molar-refractivity contribution in [2.45, 2.75) is 19.3 Å². The molecule has 0 amide bonds. The van der Waals surface area contributed by atoms with Crippen LogP contribution in [0.3, 0.4) is 0 Å². The third-order valence-electron chi connectivity index (χ3n) is 3.15. The molecular formula is C15H11BrN2O. The molecule has 94 valence electrons. The summed E-state index contributed by atoms with van der Waals surface area (Å²) < 4.78 is 6.68. The maximum Gasteiger partial charge on any atom is 0.237 e. The zero-order valence-electron chi connectivity index (χ0n) is 10.2. The monoisotopic (exact) mass is 314 g/mol. The Morgan fingerprint density at radius 2 is 2.16 bits per heavy atom. The van der Waals surface area contributed by atoms with Crippen molar-refractivity contribution >= 4 is 15.9 Å². The lowest BCUT2D eigenvalue weighted by Gasteiger charge is -2.08. The number of ether oxygens (including phenoxy) is 1. The Bertz CT molecular complexity index is 676. The zero-order chi connectivity index (χ0) is 13.2. The third kappa shape index (κ3) is 2.47. The van der Waals surface area contributed by atoms with Gasteiger partial charge in [0, 0.05) is 10.2 Å². The molecule has 1 aliphatic rings. The normalized spacial score (nSPS) is 12.8. The largest absolute Gasteiger partial charge is 0.438 e. The van der Waals surface area contributed by atoms with Crippen LogP contribution in [0.1, 0.15) is 23.2 Å². The van der Waals surface area contributed by atoms with E-state index in [0.717, 1.165) is 29.4 Å². The summed E-state index contributed by atoms with van der Waals surface area (Å²) >= 11 is 3.40. The molecule has 3 nitrogen and oxygen atoms in total. The highest BCUT2D eigenvalue weighted by Gasteiger charge is 2.17. The number of pyridine rings is 1. The van der Waals surface area contributed by atoms with Gasteiger partial charge in [0.15, 0.2) is 0 Å². The molecule has 0 unspecified atom stereocenters. The average Bonchev–Trinajstić information content (AvgIpc) is 2.85. The first-order valence-electron chi connectivity index (χ1n) is 6.12. The minimum absolute atomic E-state index is 0.404. The smallest absolute Gasteiger partial charge is 0.237 e. The Morgan fingerprint density at radius 3 is 2.95 bits per heavy atom. The highest BCUT2D eigenvalue weighted by Crippen LogP contribution is 2.30. The topological polar surface area (TPSA) is 45.9 Å². The van der Waals surface area contributed by atoms with Gasteiger partial charge in [-0.05, 0) is 49.1 Å². The molecule has 4 heteroatoms. The first kappa shape index (κ1) is 12.2. The van der Waals surface area contributed by atoms with E-state index >= 15 is 0 Å². The van der Waals surface area contributed by atoms with Crippen LogP contribution in [0.2, 0.25) is 0 Å². The van der Waals surface area contributed by atoms with Crippen molar-refractivity contribution in [1.82, 2.24) is 4.98 Å². The van der Waals surface area contributed by atoms with Gasteiger partial charge < -0.3 is 4.74 Å². The Balaban J connectivity index is 1.99. The van der Waals surface area contributed by atoms with Gasteiger partial charge in [-0.2, -0.15) is 5.26 Å². The fourth-order valence-corrected chi connectivity index (χ4v) is 2.63. The van der Waals surface area contributed by atoms with Gasteiger partial charge in [0.1, 0.15) is 17.4 Å². The summed E-state index contributed by atoms with van der Waals surface area (Å²) in [4.78, 5) is 4.49. The summed E-state index contributed by atoms with van der Waals surface area (Å²) in [5.41, 5.74) is 2.74. The molecule has 0 bridgehead atoms. The van der Waals surface area contributed by atoms with Crippen LogP contribution >= 0.6 is 15.9 Å². The SMILES string of the molecule is N#Cc1cc2c(nc1Oc1cccc(Br)c1)CCC2. The zero-order valence-corrected chi connectivity index (χ0v) is 11.8. The first-order chi connectivity index (χ1) is 9.26. The molecule has 3 rings (SSSR count). The molecule has 0 aliphatic heterocycles. The number of rotatable bonds is 2. The lowest BCUT2D eigenvalue weighted by atomic mass is 10.1. The number of aryl methyl sites for hydroxylation is 2. The third-order valence-corrected chi connectivity index (χ3v) is 3.64. The second kappa shape index (κ2) is 5.02. The second-order valence-electron chi connectivity index (χ2n) is 4.47. The van der Waals surface area contributed by atoms with Gasteiger partial charge in [0.25, 0.3) is 0 Å². The van der Waals surface area contributed by atoms with Gasteiger partial charge in [-0.1, -0.05) is 22.0 Å². The molecule has 2 aromatic rings. The van der Waals surface area contributed by atoms with Crippen molar-refractivity contribution < 1.29 is 4.74 Å². The van der Waals surface area contributed by atoms with Crippen LogP contribution in [0.5, 0.6) is 11.6 Å². The molecule has 1 aromatic carbocycles. The molecule has 0 N–H and O–H groups in total. The number of fused-ring (bicyclic) bond motifs is 1. The van der Waals surface area contributed by atoms with E-state index in [9.17, 15) is 5.26 Å². The molecule has 1 heterocycles. The summed E-state index contributed by atoms with van der Waals surface area (Å²) in [6.45, 7) is 0. The standard InChI is InChI=1S/C15H11BrN2O/c16-12-4-2-5-13(8-12)19-15-11(9-17)7-10-3-1-6-14(10)18-15/h2,4-5,7-8H,1,3,6H2. The molecule has 19 heavy (non-hydrogen) atoms. The van der Waals surface area contributed by atoms with E-state index in [1.54, 1.807) is 0 Å². The minimum atomic E-state index is 0.404. The number of nitrogens with zero attached hydrogens (tertiary/aromatic N) is 2. The number of hydrogen-bond donors (Lipinski definition) is 0. The highest BCUT2D eigenvalue weighted by molar-refractivity contribution is 9.10. The van der Waals surface area contributed by atoms with E-state index in [0.29, 0.717) is 17.2 Å². The van der Waals surface area contributed by atoms with Crippen molar-refractivity contribution in [2.75, 3.05) is 0 Å². The van der Waals surface area contributed by atoms with Crippen LogP contribution in [-0.2, 0) is 12.8 Å². The quantitative estimate of drug-likeness (QED) is 0.841. The van der Waals surface area contributed by atoms with Crippen LogP contribution in [-0.4, -0.2) is 4.98 Å². The van der Waals surface area contributed by atoms with E-state index < -0.39 is 0 Å². The lowest BCUT2D eigenvalue weighted by molar-refractivity contribution is 0.459. The fraction of sp³-hybridized carbons (Fsp3) is 0.200. The first-order valence-corrected chi connectivity index (χ1v) is 6.92. The predicted octanol–water partition coefficient (Wildman–Crippen LogP) is 4.00. The van der Waals surface area contributed by atoms with E-state index in [1.165, 1.54) is 5.56 Å². The fourth-order valence-electron chi connectivity index (χ4n) is 2.25. The molecule has 0 radical (unpaired) electrons. The number of benzene rings is 1. The highest BCUT2D eigenvalue weighted by atomic mass is 79.9. The van der Waals surface area contributed by atoms with Gasteiger partial charge in [-0.3, -0.25) is 0 Å². The summed E-state index contributed by atoms with van der Waals surface area (Å²) in [5, 5.41) is 9.20. The number of aromatic nitrogens is 1. The van der Waals surface area contributed by atoms with Crippen LogP contribution in [0.25, 0.3) is 0 Å². The number of hydrogen-bond acceptors (Lipinski definition) is 3. The molecular weight excluding hydrogens is 304 g/mol. The van der Waals surface area contributed by atoms with E-state index in [2.05, 4.69) is 27.0 Å². The maximum atomic E-state index is 9.20. The summed E-state index contributed by atoms with van der Waals surface area (Å²) in [7, 11) is 0. The molecule has 0 spiro atoms. The van der Waals surface area contributed by atoms with Gasteiger partial charge in [-0.15, -0.1) is 0 Å². The van der Waals surface area contributed by atoms with Crippen LogP contribution in [0.15, 0.2) is 34.8 Å². The lowest BCUT2D eigenvalue weighted by Crippen LogP contribution is -1.97. The van der Waals surface area contributed by atoms with Crippen LogP contribution in [0.4, 0.5) is 0 Å². The Morgan fingerprint density at radius 1 is 1.26 bits per heavy atom. The van der Waals surface area contributed by atoms with Crippen molar-refractivity contribution in [3.8, 4) is 17.7 Å². The van der Waals surface area contributed by atoms with Gasteiger partial charge >= 0.3 is 0 Å². The number of nitriles is 1. The minimum Gasteiger partial charge on any atom is -0.438 e. The second-order valence-corrected chi connectivity index (χ2v) is 5.39. The molecule has 0 saturated heterocycles. The van der Waals surface area contributed by atoms with Crippen molar-refractivity contribution in [3.63, 3.8) is 0 Å². The van der Waals surface area contributed by atoms with Gasteiger partial charge in [-0.25, -0.2) is 4.98 Å². The van der Waals surface area contributed by atoms with Crippen molar-refractivity contribution in [3.05, 3.63) is 51.6 Å². The maximum absolute atomic E-state index is 9.20. The van der Waals surface area contributed by atoms with E-state index in [4.69, 9.17) is 4.74 Å². The number of halogens is 1. The van der Waals surface area contributed by atoms with E-state index in [-0.39, 0.29) is 0 Å². The van der Waals surface area contributed by atoms with E-state index in [1.807, 2.05) is 30.3 Å². The van der Waals surface area contributed by atoms with Gasteiger partial charge in [0.2, 0.25) is 5.88 Å². The van der Waals surface area contributed by atoms with Crippen molar-refractivity contribution in [1.29, 1.82) is 5.26 Å². The van der Waals surface area contributed by atoms with Gasteiger partial charge in [0.05, 0.1) is 0 Å². The average molecular weight is 315 g/mol. The molecule has 0 atom stereocenters. The van der Waals surface area contributed by atoms with Crippen LogP contribution in [0, 0.1) is 11.3 Å². The summed E-state index contributed by atoms with van der Waals surface area (Å²) in [6.07, 6.45) is 3.08. The summed E-state index contributed by atoms with van der Waals surface area (Å²) in [5.74, 6) is 1.08. The molecule has 1 aromatic heterocycles. The van der Waals surface area contributed by atoms with Crippen LogP contribution < -0.4 is 4.74 Å². The Hall–Kier alpha value is -1.86. The van der Waals surface area contributed by atoms with Crippen molar-refractivity contribution in [2.24, 2.45) is 0 Å². The Kier molecular flexibility index (Phi) is 3.22. The molecule has 1 aliphatic carbocycles. The molecule has 0 fully saturated rings. The Labute approximate surface area is 120 Å². The predicted molar refractivity (Wildman–Crippen MR) is 75.2 cm³/mol. The summed E-state index contributed by atoms with van der Waals surface area (Å²) in [6, 6.07) is 11.6. The molecule has 0 saturated carbocycles.